The molecule has 6 heteroatoms. The zero-order valence-electron chi connectivity index (χ0n) is 11.0. The number of hydrogen-bond donors (Lipinski definition) is 3. The van der Waals surface area contributed by atoms with Crippen LogP contribution in [0, 0.1) is 6.92 Å². The fraction of sp³-hybridized carbons (Fsp3) is 0.308. The van der Waals surface area contributed by atoms with E-state index in [1.807, 2.05) is 32.0 Å². The predicted octanol–water partition coefficient (Wildman–Crippen LogP) is 1.46. The van der Waals surface area contributed by atoms with Crippen molar-refractivity contribution in [1.82, 2.24) is 15.2 Å². The van der Waals surface area contributed by atoms with Crippen LogP contribution in [0.4, 0.5) is 5.69 Å². The van der Waals surface area contributed by atoms with E-state index >= 15 is 0 Å². The minimum atomic E-state index is -0.512. The summed E-state index contributed by atoms with van der Waals surface area (Å²) in [6.45, 7) is 3.69. The van der Waals surface area contributed by atoms with Crippen LogP contribution < -0.4 is 11.1 Å². The molecule has 0 radical (unpaired) electrons. The Morgan fingerprint density at radius 1 is 1.47 bits per heavy atom. The second-order valence-electron chi connectivity index (χ2n) is 4.29. The second kappa shape index (κ2) is 5.62. The summed E-state index contributed by atoms with van der Waals surface area (Å²) in [6.07, 6.45) is 0.591. The van der Waals surface area contributed by atoms with E-state index in [2.05, 4.69) is 20.5 Å². The number of benzene rings is 1. The molecule has 0 fully saturated rings. The Bertz CT molecular complexity index is 578. The molecule has 0 aliphatic rings. The smallest absolute Gasteiger partial charge is 0.241 e. The first-order valence-corrected chi connectivity index (χ1v) is 6.16. The van der Waals surface area contributed by atoms with Gasteiger partial charge in [0.05, 0.1) is 11.7 Å². The van der Waals surface area contributed by atoms with Gasteiger partial charge in [-0.3, -0.25) is 9.89 Å². The van der Waals surface area contributed by atoms with E-state index in [0.29, 0.717) is 17.9 Å². The second-order valence-corrected chi connectivity index (χ2v) is 4.29. The van der Waals surface area contributed by atoms with Crippen molar-refractivity contribution in [3.63, 3.8) is 0 Å². The first-order chi connectivity index (χ1) is 9.11. The van der Waals surface area contributed by atoms with Crippen LogP contribution in [-0.2, 0) is 4.79 Å². The average Bonchev–Trinajstić information content (AvgIpc) is 2.85. The Labute approximate surface area is 111 Å². The number of aromatic amines is 1. The van der Waals surface area contributed by atoms with Gasteiger partial charge in [-0.2, -0.15) is 5.10 Å². The monoisotopic (exact) mass is 259 g/mol. The number of amides is 1. The van der Waals surface area contributed by atoms with E-state index in [0.717, 1.165) is 11.4 Å². The third-order valence-corrected chi connectivity index (χ3v) is 2.80. The molecule has 1 aromatic heterocycles. The molecule has 1 aromatic carbocycles. The molecule has 1 heterocycles. The lowest BCUT2D eigenvalue weighted by molar-refractivity contribution is -0.117. The molecular formula is C13H17N5O. The lowest BCUT2D eigenvalue weighted by Crippen LogP contribution is -2.34. The maximum absolute atomic E-state index is 11.8. The maximum Gasteiger partial charge on any atom is 0.241 e. The Hall–Kier alpha value is -2.21. The summed E-state index contributed by atoms with van der Waals surface area (Å²) >= 11 is 0. The van der Waals surface area contributed by atoms with Gasteiger partial charge in [0.2, 0.25) is 5.91 Å². The zero-order chi connectivity index (χ0) is 13.8. The fourth-order valence-electron chi connectivity index (χ4n) is 1.66. The molecule has 2 aromatic rings. The molecule has 1 atom stereocenters. The van der Waals surface area contributed by atoms with Crippen LogP contribution in [0.25, 0.3) is 11.4 Å². The lowest BCUT2D eigenvalue weighted by Gasteiger charge is -2.12. The van der Waals surface area contributed by atoms with Crippen LogP contribution in [0.15, 0.2) is 24.3 Å². The Morgan fingerprint density at radius 2 is 2.21 bits per heavy atom. The van der Waals surface area contributed by atoms with Crippen molar-refractivity contribution in [1.29, 1.82) is 0 Å². The highest BCUT2D eigenvalue weighted by atomic mass is 16.2. The van der Waals surface area contributed by atoms with Crippen LogP contribution in [0.5, 0.6) is 0 Å². The highest BCUT2D eigenvalue weighted by Gasteiger charge is 2.15. The number of anilines is 1. The number of nitrogens with one attached hydrogen (secondary N) is 2. The first kappa shape index (κ1) is 13.2. The summed E-state index contributed by atoms with van der Waals surface area (Å²) in [5.74, 6) is 1.07. The lowest BCUT2D eigenvalue weighted by atomic mass is 10.1. The molecule has 0 saturated heterocycles. The van der Waals surface area contributed by atoms with Gasteiger partial charge in [-0.05, 0) is 25.5 Å². The molecule has 1 amide bonds. The highest BCUT2D eigenvalue weighted by molar-refractivity contribution is 5.97. The van der Waals surface area contributed by atoms with Gasteiger partial charge in [0.1, 0.15) is 5.82 Å². The topological polar surface area (TPSA) is 96.7 Å². The van der Waals surface area contributed by atoms with Gasteiger partial charge in [-0.1, -0.05) is 19.1 Å². The summed E-state index contributed by atoms with van der Waals surface area (Å²) < 4.78 is 0. The van der Waals surface area contributed by atoms with Gasteiger partial charge in [0, 0.05) is 5.56 Å². The van der Waals surface area contributed by atoms with Gasteiger partial charge in [-0.15, -0.1) is 0 Å². The average molecular weight is 259 g/mol. The van der Waals surface area contributed by atoms with Crippen LogP contribution in [-0.4, -0.2) is 27.1 Å². The van der Waals surface area contributed by atoms with Crippen molar-refractivity contribution >= 4 is 11.6 Å². The van der Waals surface area contributed by atoms with Crippen molar-refractivity contribution in [3.05, 3.63) is 30.1 Å². The van der Waals surface area contributed by atoms with E-state index in [4.69, 9.17) is 5.73 Å². The number of aryl methyl sites for hydroxylation is 1. The number of para-hydroxylation sites is 1. The van der Waals surface area contributed by atoms with Crippen molar-refractivity contribution in [2.24, 2.45) is 5.73 Å². The number of nitrogens with two attached hydrogens (primary N) is 1. The van der Waals surface area contributed by atoms with Crippen LogP contribution >= 0.6 is 0 Å². The molecule has 1 unspecified atom stereocenters. The molecule has 0 bridgehead atoms. The number of hydrogen-bond acceptors (Lipinski definition) is 4. The number of carbonyl (C=O) groups excluding carboxylic acids is 1. The summed E-state index contributed by atoms with van der Waals surface area (Å²) in [7, 11) is 0. The minimum absolute atomic E-state index is 0.206. The van der Waals surface area contributed by atoms with Crippen LogP contribution in [0.2, 0.25) is 0 Å². The standard InChI is InChI=1S/C13H17N5O/c1-3-10(14)13(19)16-11-7-5-4-6-9(11)12-15-8(2)17-18-12/h4-7,10H,3,14H2,1-2H3,(H,16,19)(H,15,17,18). The Balaban J connectivity index is 2.29. The maximum atomic E-state index is 11.8. The number of nitrogens with zero attached hydrogens (tertiary/aromatic N) is 2. The van der Waals surface area contributed by atoms with Crippen molar-refractivity contribution in [2.45, 2.75) is 26.3 Å². The largest absolute Gasteiger partial charge is 0.324 e. The molecule has 0 aliphatic heterocycles. The first-order valence-electron chi connectivity index (χ1n) is 6.16. The number of aromatic nitrogens is 3. The van der Waals surface area contributed by atoms with Crippen LogP contribution in [0.3, 0.4) is 0 Å². The van der Waals surface area contributed by atoms with Crippen molar-refractivity contribution in [2.75, 3.05) is 5.32 Å². The summed E-state index contributed by atoms with van der Waals surface area (Å²) in [4.78, 5) is 16.1. The van der Waals surface area contributed by atoms with Crippen LogP contribution in [0.1, 0.15) is 19.2 Å². The molecule has 6 nitrogen and oxygen atoms in total. The Morgan fingerprint density at radius 3 is 2.84 bits per heavy atom. The summed E-state index contributed by atoms with van der Waals surface area (Å²) in [6, 6.07) is 6.87. The highest BCUT2D eigenvalue weighted by Crippen LogP contribution is 2.24. The van der Waals surface area contributed by atoms with E-state index < -0.39 is 6.04 Å². The molecule has 19 heavy (non-hydrogen) atoms. The summed E-state index contributed by atoms with van der Waals surface area (Å²) in [5.41, 5.74) is 7.14. The van der Waals surface area contributed by atoms with E-state index in [9.17, 15) is 4.79 Å². The van der Waals surface area contributed by atoms with E-state index in [1.165, 1.54) is 0 Å². The van der Waals surface area contributed by atoms with Gasteiger partial charge in [-0.25, -0.2) is 4.98 Å². The molecular weight excluding hydrogens is 242 g/mol. The van der Waals surface area contributed by atoms with Gasteiger partial charge in [0.25, 0.3) is 0 Å². The molecule has 0 spiro atoms. The zero-order valence-corrected chi connectivity index (χ0v) is 11.0. The molecule has 2 rings (SSSR count). The molecule has 0 saturated carbocycles. The third-order valence-electron chi connectivity index (χ3n) is 2.80. The molecule has 100 valence electrons. The number of H-pyrrole nitrogens is 1. The quantitative estimate of drug-likeness (QED) is 0.774. The number of carbonyl (C=O) groups is 1. The fourth-order valence-corrected chi connectivity index (χ4v) is 1.66. The van der Waals surface area contributed by atoms with E-state index in [1.54, 1.807) is 6.07 Å². The van der Waals surface area contributed by atoms with Crippen molar-refractivity contribution in [3.8, 4) is 11.4 Å². The van der Waals surface area contributed by atoms with Crippen molar-refractivity contribution < 1.29 is 4.79 Å². The Kier molecular flexibility index (Phi) is 3.91. The third kappa shape index (κ3) is 2.97. The molecule has 4 N–H and O–H groups in total. The normalized spacial score (nSPS) is 12.2. The SMILES string of the molecule is CCC(N)C(=O)Nc1ccccc1-c1n[nH]c(C)n1. The van der Waals surface area contributed by atoms with E-state index in [-0.39, 0.29) is 5.91 Å². The van der Waals surface area contributed by atoms with Gasteiger partial charge < -0.3 is 11.1 Å². The van der Waals surface area contributed by atoms with Gasteiger partial charge >= 0.3 is 0 Å². The van der Waals surface area contributed by atoms with Gasteiger partial charge in [0.15, 0.2) is 5.82 Å². The minimum Gasteiger partial charge on any atom is -0.324 e. The predicted molar refractivity (Wildman–Crippen MR) is 73.5 cm³/mol. The summed E-state index contributed by atoms with van der Waals surface area (Å²) in [5, 5.41) is 9.69. The number of rotatable bonds is 4. The molecule has 0 aliphatic carbocycles.